The average Bonchev–Trinajstić information content (AvgIpc) is 3.37. The van der Waals surface area contributed by atoms with Gasteiger partial charge in [-0.1, -0.05) is 13.8 Å². The molecule has 3 heterocycles. The fourth-order valence-corrected chi connectivity index (χ4v) is 4.33. The molecule has 3 amide bonds. The summed E-state index contributed by atoms with van der Waals surface area (Å²) in [4.78, 5) is 58.5. The molecule has 0 radical (unpaired) electrons. The van der Waals surface area contributed by atoms with E-state index in [0.717, 1.165) is 0 Å². The summed E-state index contributed by atoms with van der Waals surface area (Å²) in [7, 11) is 2.63. The van der Waals surface area contributed by atoms with Gasteiger partial charge in [0.2, 0.25) is 12.0 Å². The van der Waals surface area contributed by atoms with Crippen molar-refractivity contribution in [3.63, 3.8) is 0 Å². The molecule has 3 atom stereocenters. The van der Waals surface area contributed by atoms with Crippen molar-refractivity contribution in [1.29, 1.82) is 0 Å². The number of aromatic nitrogens is 3. The number of carbonyl (C=O) groups is 4. The smallest absolute Gasteiger partial charge is 0.349 e. The summed E-state index contributed by atoms with van der Waals surface area (Å²) in [5, 5.41) is 9.91. The molecular weight excluding hydrogens is 520 g/mol. The van der Waals surface area contributed by atoms with Crippen molar-refractivity contribution in [3.8, 4) is 11.5 Å². The summed E-state index contributed by atoms with van der Waals surface area (Å²) in [6.07, 6.45) is 1.63. The Balaban J connectivity index is 1.76. The molecule has 0 saturated carbocycles. The fourth-order valence-electron chi connectivity index (χ4n) is 4.33. The SMILES string of the molecule is COC(=O)[C@@H]1Oc2cc(ccc2OC)C(=O)N[C@@H](C(C)C)CN(C(=O)c2cnc3cccnn23)CC(=O)N[C@H]1C. The minimum Gasteiger partial charge on any atom is -0.493 e. The van der Waals surface area contributed by atoms with Crippen molar-refractivity contribution in [2.45, 2.75) is 39.0 Å². The van der Waals surface area contributed by atoms with Gasteiger partial charge in [-0.25, -0.2) is 14.3 Å². The second-order valence-electron chi connectivity index (χ2n) is 9.73. The molecule has 4 rings (SSSR count). The molecule has 1 aliphatic rings. The molecule has 2 N–H and O–H groups in total. The molecule has 13 nitrogen and oxygen atoms in total. The van der Waals surface area contributed by atoms with Crippen molar-refractivity contribution in [3.05, 3.63) is 54.0 Å². The summed E-state index contributed by atoms with van der Waals surface area (Å²) < 4.78 is 17.6. The zero-order valence-corrected chi connectivity index (χ0v) is 22.9. The van der Waals surface area contributed by atoms with E-state index in [4.69, 9.17) is 14.2 Å². The number of ether oxygens (including phenoxy) is 3. The lowest BCUT2D eigenvalue weighted by molar-refractivity contribution is -0.150. The van der Waals surface area contributed by atoms with Crippen LogP contribution in [0.2, 0.25) is 0 Å². The zero-order chi connectivity index (χ0) is 29.0. The first-order valence-corrected chi connectivity index (χ1v) is 12.7. The van der Waals surface area contributed by atoms with Crippen LogP contribution in [0.4, 0.5) is 0 Å². The van der Waals surface area contributed by atoms with E-state index in [9.17, 15) is 19.2 Å². The van der Waals surface area contributed by atoms with E-state index in [1.165, 1.54) is 42.1 Å². The lowest BCUT2D eigenvalue weighted by atomic mass is 10.0. The monoisotopic (exact) mass is 552 g/mol. The van der Waals surface area contributed by atoms with Gasteiger partial charge in [-0.3, -0.25) is 14.4 Å². The number of fused-ring (bicyclic) bond motifs is 3. The highest BCUT2D eigenvalue weighted by molar-refractivity contribution is 5.97. The van der Waals surface area contributed by atoms with Crippen molar-refractivity contribution in [1.82, 2.24) is 30.1 Å². The second kappa shape index (κ2) is 12.0. The highest BCUT2D eigenvalue weighted by Crippen LogP contribution is 2.30. The molecule has 3 aromatic rings. The maximum Gasteiger partial charge on any atom is 0.349 e. The van der Waals surface area contributed by atoms with Gasteiger partial charge in [-0.05, 0) is 43.2 Å². The van der Waals surface area contributed by atoms with Crippen LogP contribution in [-0.4, -0.2) is 88.7 Å². The molecule has 0 fully saturated rings. The Morgan fingerprint density at radius 3 is 2.62 bits per heavy atom. The van der Waals surface area contributed by atoms with Crippen LogP contribution >= 0.6 is 0 Å². The van der Waals surface area contributed by atoms with Gasteiger partial charge in [0.05, 0.1) is 33.0 Å². The number of carbonyl (C=O) groups excluding carboxylic acids is 4. The summed E-state index contributed by atoms with van der Waals surface area (Å²) in [6.45, 7) is 5.02. The van der Waals surface area contributed by atoms with E-state index in [2.05, 4.69) is 20.7 Å². The maximum absolute atomic E-state index is 13.7. The number of nitrogens with zero attached hydrogens (tertiary/aromatic N) is 4. The van der Waals surface area contributed by atoms with Gasteiger partial charge >= 0.3 is 5.97 Å². The van der Waals surface area contributed by atoms with Gasteiger partial charge in [0, 0.05) is 24.3 Å². The minimum absolute atomic E-state index is 0.0179. The first-order valence-electron chi connectivity index (χ1n) is 12.7. The summed E-state index contributed by atoms with van der Waals surface area (Å²) in [6, 6.07) is 6.57. The lowest BCUT2D eigenvalue weighted by Crippen LogP contribution is -2.54. The number of rotatable bonds is 4. The lowest BCUT2D eigenvalue weighted by Gasteiger charge is -2.31. The molecule has 2 aromatic heterocycles. The average molecular weight is 553 g/mol. The van der Waals surface area contributed by atoms with Gasteiger partial charge in [0.15, 0.2) is 22.8 Å². The zero-order valence-electron chi connectivity index (χ0n) is 22.9. The topological polar surface area (TPSA) is 153 Å². The van der Waals surface area contributed by atoms with Gasteiger partial charge in [-0.2, -0.15) is 5.10 Å². The van der Waals surface area contributed by atoms with Gasteiger partial charge in [0.1, 0.15) is 0 Å². The van der Waals surface area contributed by atoms with E-state index in [-0.39, 0.29) is 41.8 Å². The first-order chi connectivity index (χ1) is 19.1. The summed E-state index contributed by atoms with van der Waals surface area (Å²) >= 11 is 0. The Labute approximate surface area is 230 Å². The third-order valence-electron chi connectivity index (χ3n) is 6.61. The van der Waals surface area contributed by atoms with Crippen molar-refractivity contribution >= 4 is 29.3 Å². The van der Waals surface area contributed by atoms with E-state index in [1.807, 2.05) is 13.8 Å². The highest BCUT2D eigenvalue weighted by atomic mass is 16.6. The molecule has 2 bridgehead atoms. The van der Waals surface area contributed by atoms with E-state index in [1.54, 1.807) is 31.2 Å². The standard InChI is InChI=1S/C27H32N6O7/c1-15(2)18-13-32(26(36)19-12-28-22-7-6-10-29-33(19)22)14-23(34)30-16(3)24(27(37)39-5)40-21-11-17(25(35)31-18)8-9-20(21)38-4/h6-12,15-16,18,24H,13-14H2,1-5H3,(H,30,34)(H,31,35)/t16-,18+,24+/m0/s1. The van der Waals surface area contributed by atoms with Crippen molar-refractivity contribution in [2.75, 3.05) is 27.3 Å². The minimum atomic E-state index is -1.28. The Kier molecular flexibility index (Phi) is 8.51. The van der Waals surface area contributed by atoms with Crippen molar-refractivity contribution in [2.24, 2.45) is 5.92 Å². The predicted molar refractivity (Wildman–Crippen MR) is 142 cm³/mol. The highest BCUT2D eigenvalue weighted by Gasteiger charge is 2.33. The number of methoxy groups -OCH3 is 2. The fraction of sp³-hybridized carbons (Fsp3) is 0.407. The van der Waals surface area contributed by atoms with Gasteiger partial charge < -0.3 is 29.7 Å². The third kappa shape index (κ3) is 5.98. The normalized spacial score (nSPS) is 20.2. The number of nitrogens with one attached hydrogen (secondary N) is 2. The summed E-state index contributed by atoms with van der Waals surface area (Å²) in [5.74, 6) is -1.93. The molecule has 0 saturated heterocycles. The number of hydrogen-bond acceptors (Lipinski definition) is 9. The molecular formula is C27H32N6O7. The van der Waals surface area contributed by atoms with E-state index >= 15 is 0 Å². The Hall–Kier alpha value is -4.68. The first kappa shape index (κ1) is 28.3. The number of hydrogen-bond donors (Lipinski definition) is 2. The number of imidazole rings is 1. The Morgan fingerprint density at radius 1 is 1.15 bits per heavy atom. The maximum atomic E-state index is 13.7. The molecule has 1 aliphatic heterocycles. The molecule has 212 valence electrons. The van der Waals surface area contributed by atoms with Crippen LogP contribution in [0, 0.1) is 5.92 Å². The Morgan fingerprint density at radius 2 is 1.93 bits per heavy atom. The largest absolute Gasteiger partial charge is 0.493 e. The molecule has 0 aliphatic carbocycles. The van der Waals surface area contributed by atoms with E-state index < -0.39 is 41.9 Å². The van der Waals surface area contributed by atoms with Gasteiger partial charge in [0.25, 0.3) is 11.8 Å². The van der Waals surface area contributed by atoms with Gasteiger partial charge in [-0.15, -0.1) is 0 Å². The van der Waals surface area contributed by atoms with Crippen LogP contribution in [0.15, 0.2) is 42.7 Å². The predicted octanol–water partition coefficient (Wildman–Crippen LogP) is 1.07. The molecule has 0 unspecified atom stereocenters. The Bertz CT molecular complexity index is 1420. The number of benzene rings is 1. The van der Waals surface area contributed by atoms with Crippen LogP contribution in [0.3, 0.4) is 0 Å². The van der Waals surface area contributed by atoms with Crippen LogP contribution in [-0.2, 0) is 14.3 Å². The van der Waals surface area contributed by atoms with Crippen LogP contribution in [0.1, 0.15) is 41.6 Å². The van der Waals surface area contributed by atoms with Crippen LogP contribution in [0.5, 0.6) is 11.5 Å². The molecule has 1 aromatic carbocycles. The molecule has 0 spiro atoms. The van der Waals surface area contributed by atoms with Crippen LogP contribution in [0.25, 0.3) is 5.65 Å². The number of amides is 3. The second-order valence-corrected chi connectivity index (χ2v) is 9.73. The number of esters is 1. The summed E-state index contributed by atoms with van der Waals surface area (Å²) in [5.41, 5.74) is 0.873. The van der Waals surface area contributed by atoms with Crippen LogP contribution < -0.4 is 20.1 Å². The molecule has 40 heavy (non-hydrogen) atoms. The third-order valence-corrected chi connectivity index (χ3v) is 6.61. The quantitative estimate of drug-likeness (QED) is 0.453. The van der Waals surface area contributed by atoms with E-state index in [0.29, 0.717) is 5.65 Å². The van der Waals surface area contributed by atoms with Crippen molar-refractivity contribution < 1.29 is 33.4 Å². The molecule has 13 heteroatoms.